The zero-order chi connectivity index (χ0) is 18.7. The zero-order valence-corrected chi connectivity index (χ0v) is 15.2. The summed E-state index contributed by atoms with van der Waals surface area (Å²) in [5, 5.41) is 10.7. The predicted octanol–water partition coefficient (Wildman–Crippen LogP) is 2.60. The number of imidazole rings is 1. The summed E-state index contributed by atoms with van der Waals surface area (Å²) in [6.07, 6.45) is 10.2. The maximum Gasteiger partial charge on any atom is 0.173 e. The van der Waals surface area contributed by atoms with Gasteiger partial charge in [-0.15, -0.1) is 0 Å². The number of aliphatic hydroxyl groups is 1. The standard InChI is InChI=1S/C18H21N5O2S/c1-10-9-21-18(22-10)26-15(25)7-2-4-11-12(8-19)17(20)23-13-5-3-6-14(24)16(11)13/h2,4,7-9,11,25H,3,5-6,19H2,1H3,(H2,20,23)(H,21,22)/b4-2+,12-8-,15-7+. The number of nitrogens with one attached hydrogen (secondary N) is 1. The Morgan fingerprint density at radius 2 is 2.27 bits per heavy atom. The number of ketones is 1. The van der Waals surface area contributed by atoms with Gasteiger partial charge >= 0.3 is 0 Å². The third-order valence-corrected chi connectivity index (χ3v) is 4.97. The van der Waals surface area contributed by atoms with E-state index in [2.05, 4.69) is 15.0 Å². The lowest BCUT2D eigenvalue weighted by molar-refractivity contribution is -0.116. The van der Waals surface area contributed by atoms with Crippen molar-refractivity contribution in [2.75, 3.05) is 0 Å². The summed E-state index contributed by atoms with van der Waals surface area (Å²) in [4.78, 5) is 23.9. The molecule has 0 spiro atoms. The number of carbonyl (C=O) groups is 1. The molecule has 0 saturated carbocycles. The Bertz CT molecular complexity index is 876. The lowest BCUT2D eigenvalue weighted by Gasteiger charge is -2.28. The molecule has 136 valence electrons. The number of nitrogens with zero attached hydrogens (tertiary/aromatic N) is 2. The fourth-order valence-corrected chi connectivity index (χ4v) is 3.71. The van der Waals surface area contributed by atoms with Gasteiger partial charge in [0.05, 0.1) is 5.70 Å². The van der Waals surface area contributed by atoms with E-state index in [0.29, 0.717) is 28.6 Å². The first-order chi connectivity index (χ1) is 12.5. The van der Waals surface area contributed by atoms with Gasteiger partial charge in [-0.25, -0.2) is 9.98 Å². The molecule has 0 bridgehead atoms. The second-order valence-corrected chi connectivity index (χ2v) is 7.11. The number of aryl methyl sites for hydroxylation is 1. The highest BCUT2D eigenvalue weighted by Gasteiger charge is 2.33. The topological polar surface area (TPSA) is 130 Å². The minimum Gasteiger partial charge on any atom is -0.502 e. The monoisotopic (exact) mass is 371 g/mol. The molecule has 7 nitrogen and oxygen atoms in total. The van der Waals surface area contributed by atoms with Crippen LogP contribution in [0.25, 0.3) is 0 Å². The number of aromatic nitrogens is 2. The molecule has 0 saturated heterocycles. The van der Waals surface area contributed by atoms with E-state index >= 15 is 0 Å². The van der Waals surface area contributed by atoms with E-state index in [4.69, 9.17) is 11.5 Å². The van der Waals surface area contributed by atoms with Gasteiger partial charge < -0.3 is 21.6 Å². The molecule has 1 atom stereocenters. The lowest BCUT2D eigenvalue weighted by Crippen LogP contribution is -2.31. The van der Waals surface area contributed by atoms with Crippen LogP contribution in [0.5, 0.6) is 0 Å². The van der Waals surface area contributed by atoms with Crippen molar-refractivity contribution in [3.63, 3.8) is 0 Å². The van der Waals surface area contributed by atoms with Crippen LogP contribution in [0.4, 0.5) is 0 Å². The Labute approximate surface area is 155 Å². The molecular weight excluding hydrogens is 350 g/mol. The van der Waals surface area contributed by atoms with Crippen LogP contribution in [0.3, 0.4) is 0 Å². The molecule has 26 heavy (non-hydrogen) atoms. The van der Waals surface area contributed by atoms with E-state index in [-0.39, 0.29) is 16.8 Å². The molecule has 3 rings (SSSR count). The van der Waals surface area contributed by atoms with Gasteiger partial charge in [-0.05, 0) is 37.6 Å². The number of aliphatic imine (C=N–C) groups is 1. The second-order valence-electron chi connectivity index (χ2n) is 6.10. The zero-order valence-electron chi connectivity index (χ0n) is 14.4. The van der Waals surface area contributed by atoms with Gasteiger partial charge in [0.25, 0.3) is 0 Å². The first kappa shape index (κ1) is 18.1. The van der Waals surface area contributed by atoms with Crippen molar-refractivity contribution in [2.24, 2.45) is 22.4 Å². The van der Waals surface area contributed by atoms with Crippen LogP contribution in [0.15, 0.2) is 62.7 Å². The largest absolute Gasteiger partial charge is 0.502 e. The Hall–Kier alpha value is -2.74. The maximum atomic E-state index is 12.4. The summed E-state index contributed by atoms with van der Waals surface area (Å²) < 4.78 is 0. The number of allylic oxidation sites excluding steroid dienone is 5. The van der Waals surface area contributed by atoms with Crippen LogP contribution >= 0.6 is 11.8 Å². The quantitative estimate of drug-likeness (QED) is 0.366. The molecule has 8 heteroatoms. The molecule has 1 aliphatic carbocycles. The van der Waals surface area contributed by atoms with Gasteiger partial charge in [0.15, 0.2) is 16.0 Å². The van der Waals surface area contributed by atoms with E-state index in [9.17, 15) is 9.90 Å². The smallest absolute Gasteiger partial charge is 0.173 e. The van der Waals surface area contributed by atoms with Gasteiger partial charge in [0, 0.05) is 41.6 Å². The number of nitrogens with two attached hydrogens (primary N) is 2. The highest BCUT2D eigenvalue weighted by atomic mass is 32.2. The first-order valence-electron chi connectivity index (χ1n) is 8.29. The highest BCUT2D eigenvalue weighted by Crippen LogP contribution is 2.36. The molecule has 2 aliphatic rings. The number of rotatable bonds is 4. The third-order valence-electron chi connectivity index (χ3n) is 4.23. The van der Waals surface area contributed by atoms with Crippen molar-refractivity contribution < 1.29 is 9.90 Å². The summed E-state index contributed by atoms with van der Waals surface area (Å²) >= 11 is 1.11. The van der Waals surface area contributed by atoms with Crippen LogP contribution in [0, 0.1) is 12.8 Å². The number of thioether (sulfide) groups is 1. The normalized spacial score (nSPS) is 22.9. The van der Waals surface area contributed by atoms with Crippen molar-refractivity contribution in [3.8, 4) is 0 Å². The Morgan fingerprint density at radius 1 is 1.46 bits per heavy atom. The fraction of sp³-hybridized carbons (Fsp3) is 0.278. The summed E-state index contributed by atoms with van der Waals surface area (Å²) in [6, 6.07) is 0. The number of hydrogen-bond acceptors (Lipinski definition) is 7. The Kier molecular flexibility index (Phi) is 5.32. The van der Waals surface area contributed by atoms with Crippen LogP contribution in [0.1, 0.15) is 25.0 Å². The predicted molar refractivity (Wildman–Crippen MR) is 102 cm³/mol. The minimum absolute atomic E-state index is 0.0742. The van der Waals surface area contributed by atoms with E-state index < -0.39 is 0 Å². The van der Waals surface area contributed by atoms with Gasteiger partial charge in [0.2, 0.25) is 0 Å². The molecule has 0 aromatic carbocycles. The number of amidine groups is 1. The van der Waals surface area contributed by atoms with Crippen molar-refractivity contribution in [1.82, 2.24) is 9.97 Å². The lowest BCUT2D eigenvalue weighted by atomic mass is 9.79. The molecule has 6 N–H and O–H groups in total. The summed E-state index contributed by atoms with van der Waals surface area (Å²) in [7, 11) is 0. The van der Waals surface area contributed by atoms with Crippen LogP contribution < -0.4 is 11.5 Å². The van der Waals surface area contributed by atoms with Crippen molar-refractivity contribution in [3.05, 3.63) is 58.3 Å². The Balaban J connectivity index is 1.82. The number of H-pyrrole nitrogens is 1. The minimum atomic E-state index is -0.347. The van der Waals surface area contributed by atoms with Crippen LogP contribution in [-0.2, 0) is 4.79 Å². The maximum absolute atomic E-state index is 12.4. The number of Topliss-reactive ketones (excluding diaryl/α,β-unsaturated/α-hetero) is 1. The van der Waals surface area contributed by atoms with E-state index in [1.165, 1.54) is 6.20 Å². The van der Waals surface area contributed by atoms with Gasteiger partial charge in [-0.3, -0.25) is 4.79 Å². The van der Waals surface area contributed by atoms with Crippen molar-refractivity contribution in [1.29, 1.82) is 0 Å². The summed E-state index contributed by atoms with van der Waals surface area (Å²) in [5.41, 5.74) is 14.6. The van der Waals surface area contributed by atoms with E-state index in [1.54, 1.807) is 18.3 Å². The highest BCUT2D eigenvalue weighted by molar-refractivity contribution is 8.02. The van der Waals surface area contributed by atoms with Crippen molar-refractivity contribution >= 4 is 23.4 Å². The van der Waals surface area contributed by atoms with Crippen LogP contribution in [-0.4, -0.2) is 26.7 Å². The molecule has 0 amide bonds. The average molecular weight is 371 g/mol. The number of carbonyl (C=O) groups excluding carboxylic acids is 1. The average Bonchev–Trinajstić information content (AvgIpc) is 2.99. The first-order valence-corrected chi connectivity index (χ1v) is 9.10. The summed E-state index contributed by atoms with van der Waals surface area (Å²) in [6.45, 7) is 1.89. The Morgan fingerprint density at radius 3 is 2.96 bits per heavy atom. The number of hydrogen-bond donors (Lipinski definition) is 4. The second kappa shape index (κ2) is 7.65. The molecular formula is C18H21N5O2S. The van der Waals surface area contributed by atoms with Gasteiger partial charge in [0.1, 0.15) is 5.84 Å². The third kappa shape index (κ3) is 3.75. The molecule has 0 fully saturated rings. The number of aliphatic hydroxyl groups excluding tert-OH is 1. The van der Waals surface area contributed by atoms with Crippen LogP contribution in [0.2, 0.25) is 0 Å². The molecule has 1 unspecified atom stereocenters. The fourth-order valence-electron chi connectivity index (χ4n) is 3.05. The molecule has 1 aromatic heterocycles. The SMILES string of the molecule is Cc1cnc(S/C(O)=C/C=C/C2C3=C(CCCC3=O)N=C(N)/C2=C\N)[nH]1. The van der Waals surface area contributed by atoms with Gasteiger partial charge in [-0.2, -0.15) is 0 Å². The van der Waals surface area contributed by atoms with E-state index in [0.717, 1.165) is 36.0 Å². The van der Waals surface area contributed by atoms with Crippen molar-refractivity contribution in [2.45, 2.75) is 31.3 Å². The van der Waals surface area contributed by atoms with Gasteiger partial charge in [-0.1, -0.05) is 12.2 Å². The number of aromatic amines is 1. The molecule has 2 heterocycles. The van der Waals surface area contributed by atoms with E-state index in [1.807, 2.05) is 13.0 Å². The molecule has 1 aromatic rings. The molecule has 0 radical (unpaired) electrons. The summed E-state index contributed by atoms with van der Waals surface area (Å²) in [5.74, 6) is 0.0644. The molecule has 1 aliphatic heterocycles.